The van der Waals surface area contributed by atoms with Gasteiger partial charge in [-0.05, 0) is 35.2 Å². The molecule has 3 rings (SSSR count). The van der Waals surface area contributed by atoms with Crippen LogP contribution in [0.15, 0.2) is 66.2 Å². The summed E-state index contributed by atoms with van der Waals surface area (Å²) in [6.45, 7) is 3.64. The molecule has 6 heteroatoms. The van der Waals surface area contributed by atoms with Gasteiger partial charge < -0.3 is 10.6 Å². The predicted molar refractivity (Wildman–Crippen MR) is 104 cm³/mol. The summed E-state index contributed by atoms with van der Waals surface area (Å²) in [4.78, 5) is 8.27. The monoisotopic (exact) mass is 348 g/mol. The maximum atomic E-state index is 4.30. The summed E-state index contributed by atoms with van der Waals surface area (Å²) < 4.78 is 1.74. The van der Waals surface area contributed by atoms with E-state index >= 15 is 0 Å². The molecule has 0 amide bonds. The van der Waals surface area contributed by atoms with Crippen molar-refractivity contribution in [3.05, 3.63) is 77.9 Å². The summed E-state index contributed by atoms with van der Waals surface area (Å²) in [5, 5.41) is 10.9. The van der Waals surface area contributed by atoms with E-state index in [0.717, 1.165) is 24.6 Å². The standard InChI is InChI=1S/C20H24N6/c1-3-17-6-4-5-7-18(17)13-24-20(21-2)23-12-16-8-10-19(11-9-16)26-15-22-14-25-26/h4-11,14-15H,3,12-13H2,1-2H3,(H2,21,23,24). The van der Waals surface area contributed by atoms with E-state index in [0.29, 0.717) is 6.54 Å². The quantitative estimate of drug-likeness (QED) is 0.531. The highest BCUT2D eigenvalue weighted by Crippen LogP contribution is 2.09. The summed E-state index contributed by atoms with van der Waals surface area (Å²) in [7, 11) is 1.79. The maximum absolute atomic E-state index is 4.30. The lowest BCUT2D eigenvalue weighted by atomic mass is 10.1. The molecule has 1 heterocycles. The van der Waals surface area contributed by atoms with Gasteiger partial charge in [-0.3, -0.25) is 4.99 Å². The Kier molecular flexibility index (Phi) is 5.98. The third kappa shape index (κ3) is 4.47. The Balaban J connectivity index is 1.54. The Labute approximate surface area is 154 Å². The molecule has 134 valence electrons. The Morgan fingerprint density at radius 3 is 2.38 bits per heavy atom. The topological polar surface area (TPSA) is 67.1 Å². The highest BCUT2D eigenvalue weighted by Gasteiger charge is 2.03. The zero-order valence-electron chi connectivity index (χ0n) is 15.2. The SMILES string of the molecule is CCc1ccccc1CNC(=NC)NCc1ccc(-n2cncn2)cc1. The minimum Gasteiger partial charge on any atom is -0.352 e. The lowest BCUT2D eigenvalue weighted by Gasteiger charge is -2.14. The number of aliphatic imine (C=N–C) groups is 1. The fourth-order valence-electron chi connectivity index (χ4n) is 2.77. The van der Waals surface area contributed by atoms with Crippen molar-refractivity contribution < 1.29 is 0 Å². The Hall–Kier alpha value is -3.15. The van der Waals surface area contributed by atoms with Gasteiger partial charge in [0.15, 0.2) is 5.96 Å². The normalized spacial score (nSPS) is 11.4. The van der Waals surface area contributed by atoms with Gasteiger partial charge in [0, 0.05) is 20.1 Å². The number of nitrogens with zero attached hydrogens (tertiary/aromatic N) is 4. The average Bonchev–Trinajstić information content (AvgIpc) is 3.23. The van der Waals surface area contributed by atoms with Crippen molar-refractivity contribution in [3.63, 3.8) is 0 Å². The van der Waals surface area contributed by atoms with E-state index in [1.54, 1.807) is 18.1 Å². The number of rotatable bonds is 6. The van der Waals surface area contributed by atoms with Crippen LogP contribution in [0.25, 0.3) is 5.69 Å². The number of aromatic nitrogens is 3. The molecule has 3 aromatic rings. The lowest BCUT2D eigenvalue weighted by Crippen LogP contribution is -2.36. The van der Waals surface area contributed by atoms with Gasteiger partial charge >= 0.3 is 0 Å². The van der Waals surface area contributed by atoms with Crippen molar-refractivity contribution in [1.29, 1.82) is 0 Å². The molecule has 0 aliphatic heterocycles. The molecule has 0 saturated carbocycles. The second-order valence-corrected chi connectivity index (χ2v) is 5.91. The van der Waals surface area contributed by atoms with Crippen molar-refractivity contribution in [2.75, 3.05) is 7.05 Å². The van der Waals surface area contributed by atoms with Crippen LogP contribution < -0.4 is 10.6 Å². The molecule has 2 N–H and O–H groups in total. The van der Waals surface area contributed by atoms with Gasteiger partial charge in [-0.25, -0.2) is 9.67 Å². The first-order chi connectivity index (χ1) is 12.8. The van der Waals surface area contributed by atoms with E-state index in [9.17, 15) is 0 Å². The first kappa shape index (κ1) is 17.7. The van der Waals surface area contributed by atoms with Crippen LogP contribution in [0.2, 0.25) is 0 Å². The molecule has 1 aromatic heterocycles. The van der Waals surface area contributed by atoms with Crippen LogP contribution in [0.5, 0.6) is 0 Å². The second kappa shape index (κ2) is 8.80. The van der Waals surface area contributed by atoms with Gasteiger partial charge in [0.05, 0.1) is 5.69 Å². The Morgan fingerprint density at radius 2 is 1.73 bits per heavy atom. The van der Waals surface area contributed by atoms with Crippen LogP contribution >= 0.6 is 0 Å². The van der Waals surface area contributed by atoms with Crippen LogP contribution in [0.1, 0.15) is 23.6 Å². The first-order valence-corrected chi connectivity index (χ1v) is 8.75. The van der Waals surface area contributed by atoms with Crippen LogP contribution in [-0.2, 0) is 19.5 Å². The number of nitrogens with one attached hydrogen (secondary N) is 2. The Bertz CT molecular complexity index is 837. The third-order valence-corrected chi connectivity index (χ3v) is 4.25. The molecule has 0 aliphatic carbocycles. The molecule has 26 heavy (non-hydrogen) atoms. The molecule has 2 aromatic carbocycles. The second-order valence-electron chi connectivity index (χ2n) is 5.91. The Morgan fingerprint density at radius 1 is 1.00 bits per heavy atom. The predicted octanol–water partition coefficient (Wildman–Crippen LogP) is 2.69. The van der Waals surface area contributed by atoms with Crippen LogP contribution in [0.3, 0.4) is 0 Å². The molecule has 0 fully saturated rings. The van der Waals surface area contributed by atoms with E-state index in [2.05, 4.69) is 69.0 Å². The van der Waals surface area contributed by atoms with Gasteiger partial charge in [0.1, 0.15) is 12.7 Å². The zero-order valence-corrected chi connectivity index (χ0v) is 15.2. The first-order valence-electron chi connectivity index (χ1n) is 8.75. The van der Waals surface area contributed by atoms with Gasteiger partial charge in [-0.15, -0.1) is 0 Å². The number of aryl methyl sites for hydroxylation is 1. The molecule has 0 bridgehead atoms. The number of benzene rings is 2. The van der Waals surface area contributed by atoms with E-state index in [4.69, 9.17) is 0 Å². The fourth-order valence-corrected chi connectivity index (χ4v) is 2.77. The molecule has 0 saturated heterocycles. The summed E-state index contributed by atoms with van der Waals surface area (Å²) in [5.41, 5.74) is 4.82. The zero-order chi connectivity index (χ0) is 18.2. The molecular formula is C20H24N6. The number of hydrogen-bond acceptors (Lipinski definition) is 3. The molecule has 0 atom stereocenters. The maximum Gasteiger partial charge on any atom is 0.191 e. The summed E-state index contributed by atoms with van der Waals surface area (Å²) in [6.07, 6.45) is 4.25. The number of hydrogen-bond donors (Lipinski definition) is 2. The van der Waals surface area contributed by atoms with Gasteiger partial charge in [0.2, 0.25) is 0 Å². The van der Waals surface area contributed by atoms with E-state index in [-0.39, 0.29) is 0 Å². The van der Waals surface area contributed by atoms with E-state index in [1.807, 2.05) is 12.1 Å². The smallest absolute Gasteiger partial charge is 0.191 e. The van der Waals surface area contributed by atoms with Crippen molar-refractivity contribution in [3.8, 4) is 5.69 Å². The highest BCUT2D eigenvalue weighted by atomic mass is 15.3. The van der Waals surface area contributed by atoms with Crippen molar-refractivity contribution in [2.45, 2.75) is 26.4 Å². The molecular weight excluding hydrogens is 324 g/mol. The van der Waals surface area contributed by atoms with Crippen molar-refractivity contribution >= 4 is 5.96 Å². The van der Waals surface area contributed by atoms with Gasteiger partial charge in [-0.1, -0.05) is 43.3 Å². The van der Waals surface area contributed by atoms with Crippen molar-refractivity contribution in [2.24, 2.45) is 4.99 Å². The van der Waals surface area contributed by atoms with Crippen LogP contribution in [0.4, 0.5) is 0 Å². The third-order valence-electron chi connectivity index (χ3n) is 4.25. The largest absolute Gasteiger partial charge is 0.352 e. The molecule has 0 unspecified atom stereocenters. The van der Waals surface area contributed by atoms with E-state index < -0.39 is 0 Å². The number of guanidine groups is 1. The molecule has 0 radical (unpaired) electrons. The molecule has 0 aliphatic rings. The summed E-state index contributed by atoms with van der Waals surface area (Å²) in [6, 6.07) is 16.7. The summed E-state index contributed by atoms with van der Waals surface area (Å²) in [5.74, 6) is 0.788. The fraction of sp³-hybridized carbons (Fsp3) is 0.250. The minimum absolute atomic E-state index is 0.701. The molecule has 6 nitrogen and oxygen atoms in total. The highest BCUT2D eigenvalue weighted by molar-refractivity contribution is 5.79. The van der Waals surface area contributed by atoms with Crippen molar-refractivity contribution in [1.82, 2.24) is 25.4 Å². The van der Waals surface area contributed by atoms with Crippen LogP contribution in [0, 0.1) is 0 Å². The summed E-state index contributed by atoms with van der Waals surface area (Å²) >= 11 is 0. The van der Waals surface area contributed by atoms with E-state index in [1.165, 1.54) is 23.0 Å². The average molecular weight is 348 g/mol. The van der Waals surface area contributed by atoms with Gasteiger partial charge in [0.25, 0.3) is 0 Å². The lowest BCUT2D eigenvalue weighted by molar-refractivity contribution is 0.802. The minimum atomic E-state index is 0.701. The van der Waals surface area contributed by atoms with Crippen LogP contribution in [-0.4, -0.2) is 27.8 Å². The molecule has 0 spiro atoms. The van der Waals surface area contributed by atoms with Gasteiger partial charge in [-0.2, -0.15) is 5.10 Å².